The Hall–Kier alpha value is -2.61. The number of hydrogen-bond acceptors (Lipinski definition) is 7. The fourth-order valence-electron chi connectivity index (χ4n) is 3.48. The summed E-state index contributed by atoms with van der Waals surface area (Å²) in [4.78, 5) is 38.9. The van der Waals surface area contributed by atoms with E-state index in [4.69, 9.17) is 19.9 Å². The third kappa shape index (κ3) is 7.24. The van der Waals surface area contributed by atoms with Gasteiger partial charge in [-0.3, -0.25) is 0 Å². The minimum atomic E-state index is -1.86. The van der Waals surface area contributed by atoms with Crippen LogP contribution >= 0.6 is 0 Å². The maximum atomic E-state index is 12.7. The quantitative estimate of drug-likeness (QED) is 0.399. The molecule has 0 aliphatic carbocycles. The highest BCUT2D eigenvalue weighted by molar-refractivity contribution is 6.04. The van der Waals surface area contributed by atoms with Crippen molar-refractivity contribution in [3.8, 4) is 0 Å². The summed E-state index contributed by atoms with van der Waals surface area (Å²) in [6, 6.07) is 9.18. The van der Waals surface area contributed by atoms with Gasteiger partial charge in [0.05, 0.1) is 7.11 Å². The predicted octanol–water partition coefficient (Wildman–Crippen LogP) is 3.03. The van der Waals surface area contributed by atoms with Gasteiger partial charge in [-0.1, -0.05) is 30.3 Å². The number of ether oxygens (including phenoxy) is 3. The molecule has 0 radical (unpaired) electrons. The monoisotopic (exact) mass is 434 g/mol. The van der Waals surface area contributed by atoms with Crippen LogP contribution in [0.3, 0.4) is 0 Å². The van der Waals surface area contributed by atoms with Crippen molar-refractivity contribution in [3.63, 3.8) is 0 Å². The van der Waals surface area contributed by atoms with Gasteiger partial charge >= 0.3 is 18.0 Å². The fourth-order valence-corrected chi connectivity index (χ4v) is 3.48. The lowest BCUT2D eigenvalue weighted by Crippen LogP contribution is -2.56. The van der Waals surface area contributed by atoms with E-state index in [1.165, 1.54) is 7.11 Å². The summed E-state index contributed by atoms with van der Waals surface area (Å²) in [5.74, 6) is -1.38. The first kappa shape index (κ1) is 24.7. The number of benzene rings is 1. The van der Waals surface area contributed by atoms with Gasteiger partial charge in [0.25, 0.3) is 0 Å². The van der Waals surface area contributed by atoms with Crippen LogP contribution in [-0.2, 0) is 30.4 Å². The van der Waals surface area contributed by atoms with E-state index >= 15 is 0 Å². The molecule has 2 rings (SSSR count). The number of esters is 2. The second kappa shape index (κ2) is 10.6. The molecule has 1 aliphatic rings. The van der Waals surface area contributed by atoms with Gasteiger partial charge in [-0.15, -0.1) is 0 Å². The van der Waals surface area contributed by atoms with Crippen molar-refractivity contribution in [1.82, 2.24) is 4.90 Å². The lowest BCUT2D eigenvalue weighted by atomic mass is 9.85. The van der Waals surface area contributed by atoms with Crippen molar-refractivity contribution in [2.75, 3.05) is 20.2 Å². The summed E-state index contributed by atoms with van der Waals surface area (Å²) in [5, 5.41) is 0. The van der Waals surface area contributed by atoms with E-state index in [0.717, 1.165) is 18.4 Å². The van der Waals surface area contributed by atoms with Crippen molar-refractivity contribution in [3.05, 3.63) is 35.9 Å². The van der Waals surface area contributed by atoms with Gasteiger partial charge < -0.3 is 24.8 Å². The standard InChI is InChI=1S/C23H34N2O6/c1-22(2,3)31-21(28)25-14-11-17(12-15-25)10-13-23(24,19(26)29-4)20(27)30-16-18-8-6-5-7-9-18/h5-9,17H,10-16,24H2,1-4H3/t23-/m1/s1. The van der Waals surface area contributed by atoms with E-state index in [-0.39, 0.29) is 25.0 Å². The largest absolute Gasteiger partial charge is 0.467 e. The molecule has 0 unspecified atom stereocenters. The van der Waals surface area contributed by atoms with Crippen LogP contribution in [0, 0.1) is 5.92 Å². The Morgan fingerprint density at radius 1 is 1.06 bits per heavy atom. The summed E-state index contributed by atoms with van der Waals surface area (Å²) < 4.78 is 15.5. The molecule has 0 aromatic heterocycles. The number of carbonyl (C=O) groups is 3. The first-order valence-corrected chi connectivity index (χ1v) is 10.6. The van der Waals surface area contributed by atoms with Gasteiger partial charge in [0.1, 0.15) is 12.2 Å². The van der Waals surface area contributed by atoms with Crippen LogP contribution in [0.1, 0.15) is 52.0 Å². The minimum absolute atomic E-state index is 0.0316. The highest BCUT2D eigenvalue weighted by atomic mass is 16.6. The predicted molar refractivity (Wildman–Crippen MR) is 115 cm³/mol. The molecule has 8 heteroatoms. The Morgan fingerprint density at radius 3 is 2.23 bits per heavy atom. The minimum Gasteiger partial charge on any atom is -0.467 e. The molecule has 1 amide bonds. The molecular weight excluding hydrogens is 400 g/mol. The number of rotatable bonds is 7. The van der Waals surface area contributed by atoms with Crippen molar-refractivity contribution in [2.24, 2.45) is 11.7 Å². The smallest absolute Gasteiger partial charge is 0.410 e. The number of amides is 1. The van der Waals surface area contributed by atoms with E-state index in [1.807, 2.05) is 51.1 Å². The molecule has 2 N–H and O–H groups in total. The Balaban J connectivity index is 1.89. The molecule has 1 aromatic rings. The average molecular weight is 435 g/mol. The van der Waals surface area contributed by atoms with E-state index < -0.39 is 23.1 Å². The molecule has 1 fully saturated rings. The first-order chi connectivity index (χ1) is 14.5. The van der Waals surface area contributed by atoms with Crippen LogP contribution in [-0.4, -0.2) is 54.3 Å². The van der Waals surface area contributed by atoms with Crippen molar-refractivity contribution in [2.45, 2.75) is 64.2 Å². The Labute approximate surface area is 184 Å². The van der Waals surface area contributed by atoms with Gasteiger partial charge in [0.15, 0.2) is 0 Å². The van der Waals surface area contributed by atoms with Crippen molar-refractivity contribution < 1.29 is 28.6 Å². The fraction of sp³-hybridized carbons (Fsp3) is 0.609. The molecule has 1 aliphatic heterocycles. The number of hydrogen-bond donors (Lipinski definition) is 1. The van der Waals surface area contributed by atoms with Crippen LogP contribution in [0.2, 0.25) is 0 Å². The molecule has 172 valence electrons. The van der Waals surface area contributed by atoms with Crippen molar-refractivity contribution in [1.29, 1.82) is 0 Å². The van der Waals surface area contributed by atoms with E-state index in [9.17, 15) is 14.4 Å². The summed E-state index contributed by atoms with van der Waals surface area (Å²) in [6.07, 6.45) is 1.84. The molecule has 0 bridgehead atoms. The lowest BCUT2D eigenvalue weighted by Gasteiger charge is -2.34. The zero-order valence-electron chi connectivity index (χ0n) is 18.9. The Kier molecular flexibility index (Phi) is 8.44. The molecule has 8 nitrogen and oxygen atoms in total. The third-order valence-corrected chi connectivity index (χ3v) is 5.34. The molecule has 1 atom stereocenters. The van der Waals surface area contributed by atoms with Gasteiger partial charge in [-0.05, 0) is 57.9 Å². The molecular formula is C23H34N2O6. The topological polar surface area (TPSA) is 108 Å². The highest BCUT2D eigenvalue weighted by Gasteiger charge is 2.45. The second-order valence-electron chi connectivity index (χ2n) is 8.97. The van der Waals surface area contributed by atoms with Crippen molar-refractivity contribution >= 4 is 18.0 Å². The van der Waals surface area contributed by atoms with Crippen LogP contribution in [0.5, 0.6) is 0 Å². The lowest BCUT2D eigenvalue weighted by molar-refractivity contribution is -0.164. The normalized spacial score (nSPS) is 16.9. The first-order valence-electron chi connectivity index (χ1n) is 10.6. The molecule has 0 spiro atoms. The Bertz CT molecular complexity index is 753. The number of nitrogens with zero attached hydrogens (tertiary/aromatic N) is 1. The number of likely N-dealkylation sites (tertiary alicyclic amines) is 1. The average Bonchev–Trinajstić information content (AvgIpc) is 2.75. The number of piperidine rings is 1. The molecule has 0 saturated carbocycles. The summed E-state index contributed by atoms with van der Waals surface area (Å²) in [6.45, 7) is 6.66. The molecule has 1 aromatic carbocycles. The van der Waals surface area contributed by atoms with Gasteiger partial charge in [0.2, 0.25) is 5.54 Å². The van der Waals surface area contributed by atoms with E-state index in [1.54, 1.807) is 4.90 Å². The maximum Gasteiger partial charge on any atom is 0.410 e. The second-order valence-corrected chi connectivity index (χ2v) is 8.97. The summed E-state index contributed by atoms with van der Waals surface area (Å²) >= 11 is 0. The SMILES string of the molecule is COC(=O)[C@](N)(CCC1CCN(C(=O)OC(C)(C)C)CC1)C(=O)OCc1ccccc1. The van der Waals surface area contributed by atoms with Gasteiger partial charge in [-0.2, -0.15) is 0 Å². The number of carbonyl (C=O) groups excluding carboxylic acids is 3. The Morgan fingerprint density at radius 2 is 1.68 bits per heavy atom. The summed E-state index contributed by atoms with van der Waals surface area (Å²) in [5.41, 5.74) is 4.60. The summed E-state index contributed by atoms with van der Waals surface area (Å²) in [7, 11) is 1.20. The van der Waals surface area contributed by atoms with Gasteiger partial charge in [-0.25, -0.2) is 14.4 Å². The van der Waals surface area contributed by atoms with Crippen LogP contribution in [0.15, 0.2) is 30.3 Å². The number of nitrogens with two attached hydrogens (primary N) is 1. The van der Waals surface area contributed by atoms with Gasteiger partial charge in [0, 0.05) is 13.1 Å². The molecule has 1 heterocycles. The van der Waals surface area contributed by atoms with E-state index in [0.29, 0.717) is 19.5 Å². The maximum absolute atomic E-state index is 12.7. The van der Waals surface area contributed by atoms with E-state index in [2.05, 4.69) is 0 Å². The van der Waals surface area contributed by atoms with Crippen LogP contribution in [0.25, 0.3) is 0 Å². The van der Waals surface area contributed by atoms with Crippen LogP contribution < -0.4 is 5.73 Å². The zero-order chi connectivity index (χ0) is 23.1. The van der Waals surface area contributed by atoms with Crippen LogP contribution in [0.4, 0.5) is 4.79 Å². The zero-order valence-corrected chi connectivity index (χ0v) is 18.9. The number of methoxy groups -OCH3 is 1. The third-order valence-electron chi connectivity index (χ3n) is 5.34. The highest BCUT2D eigenvalue weighted by Crippen LogP contribution is 2.27. The molecule has 31 heavy (non-hydrogen) atoms. The molecule has 1 saturated heterocycles.